The van der Waals surface area contributed by atoms with Gasteiger partial charge in [-0.1, -0.05) is 121 Å². The third kappa shape index (κ3) is 5.39. The quantitative estimate of drug-likeness (QED) is 0.284. The van der Waals surface area contributed by atoms with Gasteiger partial charge in [0, 0.05) is 46.4 Å². The van der Waals surface area contributed by atoms with Gasteiger partial charge in [0.05, 0.1) is 0 Å². The summed E-state index contributed by atoms with van der Waals surface area (Å²) in [4.78, 5) is 13.0. The molecule has 4 aromatic carbocycles. The fourth-order valence-corrected chi connectivity index (χ4v) is 9.55. The van der Waals surface area contributed by atoms with Crippen LogP contribution in [0.1, 0.15) is 12.8 Å². The van der Waals surface area contributed by atoms with Crippen molar-refractivity contribution in [2.24, 2.45) is 0 Å². The summed E-state index contributed by atoms with van der Waals surface area (Å²) in [7, 11) is -5.90. The van der Waals surface area contributed by atoms with Crippen molar-refractivity contribution in [2.45, 2.75) is 12.8 Å². The Labute approximate surface area is 201 Å². The smallest absolute Gasteiger partial charge is 0.143 e. The number of ketones is 1. The lowest BCUT2D eigenvalue weighted by Crippen LogP contribution is -2.22. The molecule has 5 heteroatoms. The summed E-state index contributed by atoms with van der Waals surface area (Å²) in [5, 5.41) is 3.03. The van der Waals surface area contributed by atoms with Gasteiger partial charge in [-0.05, 0) is 0 Å². The third-order valence-electron chi connectivity index (χ3n) is 6.10. The van der Waals surface area contributed by atoms with E-state index in [1.54, 1.807) is 0 Å². The minimum absolute atomic E-state index is 0.0147. The molecule has 0 aliphatic rings. The Kier molecular flexibility index (Phi) is 7.78. The molecule has 0 saturated carbocycles. The molecule has 0 bridgehead atoms. The molecule has 0 saturated heterocycles. The number of benzene rings is 4. The van der Waals surface area contributed by atoms with E-state index in [4.69, 9.17) is 0 Å². The average molecular weight is 486 g/mol. The Morgan fingerprint density at radius 1 is 0.441 bits per heavy atom. The summed E-state index contributed by atoms with van der Waals surface area (Å²) in [6.45, 7) is 0. The van der Waals surface area contributed by atoms with E-state index in [-0.39, 0.29) is 30.9 Å². The molecule has 3 nitrogen and oxygen atoms in total. The lowest BCUT2D eigenvalue weighted by Gasteiger charge is -2.20. The second-order valence-corrected chi connectivity index (χ2v) is 14.2. The molecule has 4 rings (SSSR count). The van der Waals surface area contributed by atoms with E-state index in [2.05, 4.69) is 0 Å². The topological polar surface area (TPSA) is 51.2 Å². The van der Waals surface area contributed by atoms with Crippen LogP contribution in [-0.2, 0) is 13.9 Å². The van der Waals surface area contributed by atoms with Crippen LogP contribution in [0.4, 0.5) is 0 Å². The molecule has 0 amide bonds. The van der Waals surface area contributed by atoms with E-state index < -0.39 is 14.3 Å². The molecule has 0 aromatic heterocycles. The molecule has 0 fully saturated rings. The second-order valence-electron chi connectivity index (χ2n) is 8.31. The van der Waals surface area contributed by atoms with Crippen LogP contribution in [0.3, 0.4) is 0 Å². The lowest BCUT2D eigenvalue weighted by molar-refractivity contribution is -0.118. The highest BCUT2D eigenvalue weighted by atomic mass is 31.2. The highest BCUT2D eigenvalue weighted by Gasteiger charge is 2.30. The van der Waals surface area contributed by atoms with Gasteiger partial charge in [-0.15, -0.1) is 0 Å². The van der Waals surface area contributed by atoms with Gasteiger partial charge in [-0.25, -0.2) is 0 Å². The standard InChI is InChI=1S/C29H28O3P2/c30-25(21-23-33(31,26-13-5-1-6-14-26)27-15-7-2-8-16-27)22-24-34(32,28-17-9-3-10-18-28)29-19-11-4-12-20-29/h1-20H,21-24H2. The molecular formula is C29H28O3P2. The first kappa shape index (κ1) is 24.1. The van der Waals surface area contributed by atoms with E-state index in [1.807, 2.05) is 121 Å². The summed E-state index contributed by atoms with van der Waals surface area (Å²) < 4.78 is 28.3. The van der Waals surface area contributed by atoms with Crippen molar-refractivity contribution < 1.29 is 13.9 Å². The summed E-state index contributed by atoms with van der Waals surface area (Å²) in [5.41, 5.74) is 0. The second kappa shape index (κ2) is 11.0. The molecule has 172 valence electrons. The van der Waals surface area contributed by atoms with E-state index in [0.717, 1.165) is 21.2 Å². The molecule has 34 heavy (non-hydrogen) atoms. The molecule has 0 spiro atoms. The van der Waals surface area contributed by atoms with Crippen molar-refractivity contribution in [3.8, 4) is 0 Å². The Morgan fingerprint density at radius 2 is 0.676 bits per heavy atom. The summed E-state index contributed by atoms with van der Waals surface area (Å²) in [6, 6.07) is 37.6. The van der Waals surface area contributed by atoms with Crippen molar-refractivity contribution in [1.29, 1.82) is 0 Å². The van der Waals surface area contributed by atoms with Crippen LogP contribution in [0, 0.1) is 0 Å². The molecule has 4 aromatic rings. The zero-order chi connectivity index (χ0) is 23.9. The number of rotatable bonds is 10. The highest BCUT2D eigenvalue weighted by molar-refractivity contribution is 7.79. The largest absolute Gasteiger partial charge is 0.314 e. The molecular weight excluding hydrogens is 458 g/mol. The molecule has 0 aliphatic carbocycles. The SMILES string of the molecule is O=C(CCP(=O)(c1ccccc1)c1ccccc1)CCP(=O)(c1ccccc1)c1ccccc1. The van der Waals surface area contributed by atoms with E-state index in [9.17, 15) is 13.9 Å². The van der Waals surface area contributed by atoms with Gasteiger partial charge >= 0.3 is 0 Å². The zero-order valence-electron chi connectivity index (χ0n) is 19.0. The average Bonchev–Trinajstić information content (AvgIpc) is 2.92. The maximum Gasteiger partial charge on any atom is 0.143 e. The van der Waals surface area contributed by atoms with Crippen molar-refractivity contribution in [1.82, 2.24) is 0 Å². The van der Waals surface area contributed by atoms with Crippen LogP contribution in [-0.4, -0.2) is 18.1 Å². The van der Waals surface area contributed by atoms with Gasteiger partial charge in [0.25, 0.3) is 0 Å². The number of hydrogen-bond acceptors (Lipinski definition) is 3. The van der Waals surface area contributed by atoms with Crippen molar-refractivity contribution >= 4 is 41.3 Å². The maximum atomic E-state index is 14.2. The minimum Gasteiger partial charge on any atom is -0.314 e. The Bertz CT molecular complexity index is 1110. The first-order chi connectivity index (χ1) is 16.5. The van der Waals surface area contributed by atoms with Crippen LogP contribution >= 0.6 is 14.3 Å². The van der Waals surface area contributed by atoms with Gasteiger partial charge < -0.3 is 9.13 Å². The predicted octanol–water partition coefficient (Wildman–Crippen LogP) is 5.36. The number of carbonyl (C=O) groups excluding carboxylic acids is 1. The van der Waals surface area contributed by atoms with E-state index >= 15 is 0 Å². The van der Waals surface area contributed by atoms with Crippen LogP contribution in [0.5, 0.6) is 0 Å². The number of carbonyl (C=O) groups is 1. The van der Waals surface area contributed by atoms with Crippen molar-refractivity contribution in [3.63, 3.8) is 0 Å². The van der Waals surface area contributed by atoms with Gasteiger partial charge in [0.15, 0.2) is 0 Å². The molecule has 0 radical (unpaired) electrons. The molecule has 0 N–H and O–H groups in total. The van der Waals surface area contributed by atoms with E-state index in [1.165, 1.54) is 0 Å². The number of Topliss-reactive ketones (excluding diaryl/α,β-unsaturated/α-hetero) is 1. The molecule has 0 unspecified atom stereocenters. The van der Waals surface area contributed by atoms with Crippen molar-refractivity contribution in [2.75, 3.05) is 12.3 Å². The fraction of sp³-hybridized carbons (Fsp3) is 0.138. The Morgan fingerprint density at radius 3 is 0.912 bits per heavy atom. The third-order valence-corrected chi connectivity index (χ3v) is 12.3. The monoisotopic (exact) mass is 486 g/mol. The Balaban J connectivity index is 1.52. The Hall–Kier alpha value is -2.99. The molecule has 0 aliphatic heterocycles. The summed E-state index contributed by atoms with van der Waals surface area (Å²) in [6.07, 6.45) is 0.900. The summed E-state index contributed by atoms with van der Waals surface area (Å²) >= 11 is 0. The molecule has 0 atom stereocenters. The number of hydrogen-bond donors (Lipinski definition) is 0. The van der Waals surface area contributed by atoms with Crippen LogP contribution in [0.2, 0.25) is 0 Å². The van der Waals surface area contributed by atoms with Gasteiger partial charge in [-0.3, -0.25) is 4.79 Å². The first-order valence-electron chi connectivity index (χ1n) is 11.4. The van der Waals surface area contributed by atoms with Crippen molar-refractivity contribution in [3.05, 3.63) is 121 Å². The maximum absolute atomic E-state index is 14.2. The fourth-order valence-electron chi connectivity index (χ4n) is 4.18. The molecule has 0 heterocycles. The van der Waals surface area contributed by atoms with Gasteiger partial charge in [0.1, 0.15) is 20.1 Å². The van der Waals surface area contributed by atoms with E-state index in [0.29, 0.717) is 0 Å². The van der Waals surface area contributed by atoms with Crippen LogP contribution < -0.4 is 21.2 Å². The summed E-state index contributed by atoms with van der Waals surface area (Å²) in [5.74, 6) is -0.0147. The highest BCUT2D eigenvalue weighted by Crippen LogP contribution is 2.46. The normalized spacial score (nSPS) is 11.8. The van der Waals surface area contributed by atoms with Gasteiger partial charge in [-0.2, -0.15) is 0 Å². The van der Waals surface area contributed by atoms with Crippen LogP contribution in [0.15, 0.2) is 121 Å². The minimum atomic E-state index is -2.95. The lowest BCUT2D eigenvalue weighted by atomic mass is 10.2. The van der Waals surface area contributed by atoms with Gasteiger partial charge in [0.2, 0.25) is 0 Å². The zero-order valence-corrected chi connectivity index (χ0v) is 20.8. The first-order valence-corrected chi connectivity index (χ1v) is 15.2. The van der Waals surface area contributed by atoms with Crippen LogP contribution in [0.25, 0.3) is 0 Å². The predicted molar refractivity (Wildman–Crippen MR) is 143 cm³/mol.